The molecule has 0 radical (unpaired) electrons. The minimum absolute atomic E-state index is 0.101. The molecule has 1 aromatic rings. The average Bonchev–Trinajstić information content (AvgIpc) is 2.50. The van der Waals surface area contributed by atoms with E-state index < -0.39 is 17.9 Å². The molecule has 120 valence electrons. The van der Waals surface area contributed by atoms with Gasteiger partial charge in [-0.1, -0.05) is 6.92 Å². The number of aliphatic carboxylic acids is 1. The van der Waals surface area contributed by atoms with Gasteiger partial charge in [0, 0.05) is 26.2 Å². The lowest BCUT2D eigenvalue weighted by molar-refractivity contribution is -0.141. The minimum atomic E-state index is -1.11. The van der Waals surface area contributed by atoms with E-state index in [2.05, 4.69) is 10.3 Å². The van der Waals surface area contributed by atoms with Gasteiger partial charge in [0.2, 0.25) is 5.91 Å². The van der Waals surface area contributed by atoms with Crippen molar-refractivity contribution in [2.75, 3.05) is 13.1 Å². The maximum atomic E-state index is 12.5. The van der Waals surface area contributed by atoms with Crippen molar-refractivity contribution in [3.8, 4) is 0 Å². The third kappa shape index (κ3) is 4.83. The Hall–Kier alpha value is -2.44. The Labute approximate surface area is 129 Å². The number of carbonyl (C=O) groups excluding carboxylic acids is 2. The molecule has 1 rings (SSSR count). The van der Waals surface area contributed by atoms with Gasteiger partial charge in [0.25, 0.3) is 5.91 Å². The number of rotatable bonds is 7. The lowest BCUT2D eigenvalue weighted by atomic mass is 10.1. The predicted molar refractivity (Wildman–Crippen MR) is 80.4 cm³/mol. The van der Waals surface area contributed by atoms with Crippen LogP contribution in [-0.4, -0.2) is 51.9 Å². The topological polar surface area (TPSA) is 99.6 Å². The highest BCUT2D eigenvalue weighted by atomic mass is 16.4. The molecular formula is C15H21N3O4. The van der Waals surface area contributed by atoms with Crippen LogP contribution in [0.5, 0.6) is 0 Å². The SMILES string of the molecule is CCc1ccnc(C(=O)N(CCNC(C)=O)C(C)C(=O)O)c1. The van der Waals surface area contributed by atoms with Crippen LogP contribution < -0.4 is 5.32 Å². The number of pyridine rings is 1. The van der Waals surface area contributed by atoms with E-state index in [1.54, 1.807) is 12.1 Å². The monoisotopic (exact) mass is 307 g/mol. The average molecular weight is 307 g/mol. The van der Waals surface area contributed by atoms with Gasteiger partial charge in [-0.05, 0) is 31.0 Å². The van der Waals surface area contributed by atoms with Gasteiger partial charge >= 0.3 is 5.97 Å². The number of carboxylic acid groups (broad SMARTS) is 1. The zero-order chi connectivity index (χ0) is 16.7. The Bertz CT molecular complexity index is 559. The Balaban J connectivity index is 2.95. The fourth-order valence-electron chi connectivity index (χ4n) is 1.92. The van der Waals surface area contributed by atoms with Crippen LogP contribution >= 0.6 is 0 Å². The first-order valence-electron chi connectivity index (χ1n) is 7.10. The molecule has 0 saturated heterocycles. The zero-order valence-corrected chi connectivity index (χ0v) is 13.0. The Morgan fingerprint density at radius 3 is 2.64 bits per heavy atom. The second kappa shape index (κ2) is 8.11. The number of carbonyl (C=O) groups is 3. The maximum absolute atomic E-state index is 12.5. The first-order chi connectivity index (χ1) is 10.4. The van der Waals surface area contributed by atoms with Crippen LogP contribution in [0.25, 0.3) is 0 Å². The second-order valence-corrected chi connectivity index (χ2v) is 4.90. The molecule has 0 aromatic carbocycles. The number of nitrogens with one attached hydrogen (secondary N) is 1. The molecule has 0 spiro atoms. The molecule has 0 bridgehead atoms. The van der Waals surface area contributed by atoms with E-state index >= 15 is 0 Å². The van der Waals surface area contributed by atoms with E-state index in [-0.39, 0.29) is 24.7 Å². The molecule has 1 aromatic heterocycles. The van der Waals surface area contributed by atoms with Gasteiger partial charge in [0.05, 0.1) is 0 Å². The van der Waals surface area contributed by atoms with Crippen LogP contribution in [0.2, 0.25) is 0 Å². The number of nitrogens with zero attached hydrogens (tertiary/aromatic N) is 2. The maximum Gasteiger partial charge on any atom is 0.326 e. The summed E-state index contributed by atoms with van der Waals surface area (Å²) in [5.74, 6) is -1.81. The zero-order valence-electron chi connectivity index (χ0n) is 13.0. The molecule has 0 aliphatic rings. The van der Waals surface area contributed by atoms with Crippen molar-refractivity contribution < 1.29 is 19.5 Å². The second-order valence-electron chi connectivity index (χ2n) is 4.90. The van der Waals surface area contributed by atoms with Crippen LogP contribution in [0.15, 0.2) is 18.3 Å². The summed E-state index contributed by atoms with van der Waals surface area (Å²) in [5, 5.41) is 11.7. The number of carboxylic acids is 1. The highest BCUT2D eigenvalue weighted by molar-refractivity contribution is 5.95. The van der Waals surface area contributed by atoms with Gasteiger partial charge < -0.3 is 15.3 Å². The van der Waals surface area contributed by atoms with E-state index in [4.69, 9.17) is 5.11 Å². The number of hydrogen-bond donors (Lipinski definition) is 2. The Morgan fingerprint density at radius 2 is 2.09 bits per heavy atom. The molecule has 7 nitrogen and oxygen atoms in total. The van der Waals surface area contributed by atoms with Crippen molar-refractivity contribution in [2.45, 2.75) is 33.2 Å². The van der Waals surface area contributed by atoms with Crippen LogP contribution in [0.1, 0.15) is 36.8 Å². The summed E-state index contributed by atoms with van der Waals surface area (Å²) in [7, 11) is 0. The molecule has 0 saturated carbocycles. The molecule has 1 unspecified atom stereocenters. The van der Waals surface area contributed by atoms with E-state index in [0.29, 0.717) is 0 Å². The van der Waals surface area contributed by atoms with Gasteiger partial charge in [0.15, 0.2) is 0 Å². The lowest BCUT2D eigenvalue weighted by Gasteiger charge is -2.26. The van der Waals surface area contributed by atoms with Crippen molar-refractivity contribution in [1.29, 1.82) is 0 Å². The van der Waals surface area contributed by atoms with E-state index in [0.717, 1.165) is 12.0 Å². The molecule has 0 aliphatic carbocycles. The molecular weight excluding hydrogens is 286 g/mol. The number of hydrogen-bond acceptors (Lipinski definition) is 4. The normalized spacial score (nSPS) is 11.6. The van der Waals surface area contributed by atoms with Crippen molar-refractivity contribution in [3.05, 3.63) is 29.6 Å². The van der Waals surface area contributed by atoms with Gasteiger partial charge in [-0.15, -0.1) is 0 Å². The van der Waals surface area contributed by atoms with Gasteiger partial charge in [-0.3, -0.25) is 14.6 Å². The summed E-state index contributed by atoms with van der Waals surface area (Å²) in [6.45, 7) is 5.03. The van der Waals surface area contributed by atoms with E-state index in [1.165, 1.54) is 24.9 Å². The molecule has 1 heterocycles. The quantitative estimate of drug-likeness (QED) is 0.772. The van der Waals surface area contributed by atoms with Crippen molar-refractivity contribution >= 4 is 17.8 Å². The first-order valence-corrected chi connectivity index (χ1v) is 7.10. The number of aromatic nitrogens is 1. The third-order valence-electron chi connectivity index (χ3n) is 3.26. The smallest absolute Gasteiger partial charge is 0.326 e. The minimum Gasteiger partial charge on any atom is -0.480 e. The van der Waals surface area contributed by atoms with Crippen molar-refractivity contribution in [2.24, 2.45) is 0 Å². The van der Waals surface area contributed by atoms with Gasteiger partial charge in [-0.2, -0.15) is 0 Å². The number of amides is 2. The lowest BCUT2D eigenvalue weighted by Crippen LogP contribution is -2.47. The van der Waals surface area contributed by atoms with Gasteiger partial charge in [0.1, 0.15) is 11.7 Å². The first kappa shape index (κ1) is 17.6. The van der Waals surface area contributed by atoms with E-state index in [1.807, 2.05) is 6.92 Å². The van der Waals surface area contributed by atoms with E-state index in [9.17, 15) is 14.4 Å². The summed E-state index contributed by atoms with van der Waals surface area (Å²) < 4.78 is 0. The van der Waals surface area contributed by atoms with Gasteiger partial charge in [-0.25, -0.2) is 4.79 Å². The van der Waals surface area contributed by atoms with Crippen LogP contribution in [0.4, 0.5) is 0 Å². The molecule has 2 N–H and O–H groups in total. The molecule has 7 heteroatoms. The largest absolute Gasteiger partial charge is 0.480 e. The van der Waals surface area contributed by atoms with Crippen molar-refractivity contribution in [3.63, 3.8) is 0 Å². The fourth-order valence-corrected chi connectivity index (χ4v) is 1.92. The summed E-state index contributed by atoms with van der Waals surface area (Å²) in [4.78, 5) is 39.8. The molecule has 0 aliphatic heterocycles. The summed E-state index contributed by atoms with van der Waals surface area (Å²) in [6, 6.07) is 2.45. The van der Waals surface area contributed by atoms with Crippen LogP contribution in [-0.2, 0) is 16.0 Å². The fraction of sp³-hybridized carbons (Fsp3) is 0.467. The molecule has 22 heavy (non-hydrogen) atoms. The standard InChI is InChI=1S/C15H21N3O4/c1-4-12-5-6-17-13(9-12)14(20)18(10(2)15(21)22)8-7-16-11(3)19/h5-6,9-10H,4,7-8H2,1-3H3,(H,16,19)(H,21,22). The highest BCUT2D eigenvalue weighted by Gasteiger charge is 2.27. The molecule has 2 amide bonds. The number of aryl methyl sites for hydroxylation is 1. The Kier molecular flexibility index (Phi) is 6.49. The predicted octanol–water partition coefficient (Wildman–Crippen LogP) is 0.695. The summed E-state index contributed by atoms with van der Waals surface area (Å²) in [5.41, 5.74) is 1.15. The highest BCUT2D eigenvalue weighted by Crippen LogP contribution is 2.09. The van der Waals surface area contributed by atoms with Crippen molar-refractivity contribution in [1.82, 2.24) is 15.2 Å². The summed E-state index contributed by atoms with van der Waals surface area (Å²) >= 11 is 0. The third-order valence-corrected chi connectivity index (χ3v) is 3.26. The van der Waals surface area contributed by atoms with Crippen LogP contribution in [0, 0.1) is 0 Å². The summed E-state index contributed by atoms with van der Waals surface area (Å²) in [6.07, 6.45) is 2.28. The van der Waals surface area contributed by atoms with Crippen LogP contribution in [0.3, 0.4) is 0 Å². The Morgan fingerprint density at radius 1 is 1.41 bits per heavy atom. The molecule has 1 atom stereocenters. The molecule has 0 fully saturated rings.